The Balaban J connectivity index is 1.91. The highest BCUT2D eigenvalue weighted by Crippen LogP contribution is 2.37. The summed E-state index contributed by atoms with van der Waals surface area (Å²) in [4.78, 5) is 0. The van der Waals surface area contributed by atoms with E-state index in [1.165, 1.54) is 10.4 Å². The second kappa shape index (κ2) is 7.80. The van der Waals surface area contributed by atoms with Gasteiger partial charge in [0.15, 0.2) is 0 Å². The van der Waals surface area contributed by atoms with Gasteiger partial charge in [-0.3, -0.25) is 0 Å². The lowest BCUT2D eigenvalue weighted by molar-refractivity contribution is 0.268. The first-order valence-corrected chi connectivity index (χ1v) is 11.2. The molecule has 0 spiro atoms. The summed E-state index contributed by atoms with van der Waals surface area (Å²) in [5, 5.41) is 2.66. The van der Waals surface area contributed by atoms with Crippen molar-refractivity contribution in [3.63, 3.8) is 0 Å². The van der Waals surface area contributed by atoms with Crippen LogP contribution in [0, 0.1) is 11.8 Å². The van der Waals surface area contributed by atoms with Crippen LogP contribution < -0.4 is 10.4 Å². The summed E-state index contributed by atoms with van der Waals surface area (Å²) in [5.74, 6) is 6.03. The molecule has 1 aliphatic rings. The summed E-state index contributed by atoms with van der Waals surface area (Å²) < 4.78 is 12.5. The maximum atomic E-state index is 6.85. The highest BCUT2D eigenvalue weighted by molar-refractivity contribution is 6.99. The zero-order valence-electron chi connectivity index (χ0n) is 16.2. The van der Waals surface area contributed by atoms with Gasteiger partial charge in [-0.15, -0.1) is 5.92 Å². The van der Waals surface area contributed by atoms with Gasteiger partial charge >= 0.3 is 0 Å². The average molecular weight is 365 g/mol. The molecular weight excluding hydrogens is 336 g/mol. The summed E-state index contributed by atoms with van der Waals surface area (Å²) in [7, 11) is -2.42. The van der Waals surface area contributed by atoms with Gasteiger partial charge in [-0.2, -0.15) is 0 Å². The van der Waals surface area contributed by atoms with Crippen molar-refractivity contribution in [3.05, 3.63) is 60.7 Å². The zero-order valence-corrected chi connectivity index (χ0v) is 17.2. The molecule has 0 N–H and O–H groups in total. The Morgan fingerprint density at radius 3 is 1.96 bits per heavy atom. The fraction of sp³-hybridized carbons (Fsp3) is 0.391. The molecule has 0 saturated carbocycles. The lowest BCUT2D eigenvalue weighted by atomic mass is 10.2. The van der Waals surface area contributed by atoms with E-state index in [1.54, 1.807) is 0 Å². The minimum absolute atomic E-state index is 0.0166. The molecule has 2 atom stereocenters. The van der Waals surface area contributed by atoms with Crippen LogP contribution in [0.5, 0.6) is 0 Å². The van der Waals surface area contributed by atoms with Crippen LogP contribution in [-0.4, -0.2) is 27.1 Å². The molecule has 2 aromatic carbocycles. The lowest BCUT2D eigenvalue weighted by Crippen LogP contribution is -2.66. The average Bonchev–Trinajstić information content (AvgIpc) is 3.37. The second-order valence-electron chi connectivity index (χ2n) is 7.79. The van der Waals surface area contributed by atoms with Crippen LogP contribution >= 0.6 is 0 Å². The Kier molecular flexibility index (Phi) is 5.67. The zero-order chi connectivity index (χ0) is 18.6. The van der Waals surface area contributed by atoms with Crippen LogP contribution in [0.3, 0.4) is 0 Å². The topological polar surface area (TPSA) is 21.8 Å². The van der Waals surface area contributed by atoms with Crippen LogP contribution in [0.15, 0.2) is 60.7 Å². The van der Waals surface area contributed by atoms with Gasteiger partial charge in [-0.05, 0) is 28.8 Å². The molecule has 3 rings (SSSR count). The van der Waals surface area contributed by atoms with Crippen molar-refractivity contribution in [1.82, 2.24) is 0 Å². The quantitative estimate of drug-likeness (QED) is 0.442. The molecule has 0 amide bonds. The largest absolute Gasteiger partial charge is 0.407 e. The number of hydrogen-bond acceptors (Lipinski definition) is 2. The molecule has 1 aliphatic heterocycles. The van der Waals surface area contributed by atoms with Crippen molar-refractivity contribution in [2.45, 2.75) is 51.4 Å². The molecule has 3 heteroatoms. The molecule has 2 nitrogen and oxygen atoms in total. The van der Waals surface area contributed by atoms with Gasteiger partial charge in [-0.1, -0.05) is 87.4 Å². The van der Waals surface area contributed by atoms with Gasteiger partial charge in [0.1, 0.15) is 6.10 Å². The first kappa shape index (κ1) is 18.9. The summed E-state index contributed by atoms with van der Waals surface area (Å²) >= 11 is 0. The van der Waals surface area contributed by atoms with Crippen LogP contribution in [0.4, 0.5) is 0 Å². The third-order valence-corrected chi connectivity index (χ3v) is 10.0. The standard InChI is InChI=1S/C23H28O2Si/c1-5-12-21-22(25-21)17-18-24-26(23(2,3)4,19-13-8-6-9-14-19)20-15-10-7-11-16-20/h6-11,13-16,21-22H,17-18H2,1-4H3/t21-,22-/m0/s1. The van der Waals surface area contributed by atoms with Gasteiger partial charge in [0, 0.05) is 6.61 Å². The molecule has 1 fully saturated rings. The van der Waals surface area contributed by atoms with Crippen LogP contribution in [-0.2, 0) is 9.16 Å². The first-order chi connectivity index (χ1) is 12.5. The molecule has 26 heavy (non-hydrogen) atoms. The van der Waals surface area contributed by atoms with Gasteiger partial charge in [0.05, 0.1) is 6.10 Å². The molecule has 0 aromatic heterocycles. The first-order valence-electron chi connectivity index (χ1n) is 9.32. The highest BCUT2D eigenvalue weighted by atomic mass is 28.4. The number of epoxide rings is 1. The Morgan fingerprint density at radius 1 is 0.962 bits per heavy atom. The van der Waals surface area contributed by atoms with Crippen molar-refractivity contribution in [2.24, 2.45) is 0 Å². The molecule has 0 bridgehead atoms. The Labute approximate surface area is 158 Å². The van der Waals surface area contributed by atoms with Gasteiger partial charge in [-0.25, -0.2) is 0 Å². The van der Waals surface area contributed by atoms with E-state index in [4.69, 9.17) is 9.16 Å². The van der Waals surface area contributed by atoms with Crippen LogP contribution in [0.25, 0.3) is 0 Å². The van der Waals surface area contributed by atoms with E-state index in [0.29, 0.717) is 6.61 Å². The van der Waals surface area contributed by atoms with E-state index < -0.39 is 8.32 Å². The second-order valence-corrected chi connectivity index (χ2v) is 12.1. The molecular formula is C23H28O2Si. The number of benzene rings is 2. The Morgan fingerprint density at radius 2 is 1.50 bits per heavy atom. The fourth-order valence-electron chi connectivity index (χ4n) is 3.72. The molecule has 0 aliphatic carbocycles. The predicted molar refractivity (Wildman–Crippen MR) is 110 cm³/mol. The number of hydrogen-bond donors (Lipinski definition) is 0. The van der Waals surface area contributed by atoms with E-state index in [0.717, 1.165) is 6.42 Å². The van der Waals surface area contributed by atoms with E-state index in [1.807, 2.05) is 6.92 Å². The minimum atomic E-state index is -2.42. The van der Waals surface area contributed by atoms with Crippen molar-refractivity contribution >= 4 is 18.7 Å². The third kappa shape index (κ3) is 3.78. The molecule has 0 unspecified atom stereocenters. The Hall–Kier alpha value is -1.86. The Bertz CT molecular complexity index is 729. The molecule has 2 aromatic rings. The summed E-state index contributed by atoms with van der Waals surface area (Å²) in [6.45, 7) is 9.46. The van der Waals surface area contributed by atoms with Gasteiger partial charge < -0.3 is 9.16 Å². The van der Waals surface area contributed by atoms with Crippen LogP contribution in [0.1, 0.15) is 34.1 Å². The van der Waals surface area contributed by atoms with Crippen molar-refractivity contribution in [2.75, 3.05) is 6.61 Å². The van der Waals surface area contributed by atoms with Gasteiger partial charge in [0.2, 0.25) is 0 Å². The molecule has 1 saturated heterocycles. The summed E-state index contributed by atoms with van der Waals surface area (Å²) in [6.07, 6.45) is 1.22. The lowest BCUT2D eigenvalue weighted by Gasteiger charge is -2.43. The fourth-order valence-corrected chi connectivity index (χ4v) is 8.30. The molecule has 136 valence electrons. The molecule has 0 radical (unpaired) electrons. The van der Waals surface area contributed by atoms with Crippen molar-refractivity contribution < 1.29 is 9.16 Å². The SMILES string of the molecule is CC#C[C@@H]1O[C@H]1CCO[Si](c1ccccc1)(c1ccccc1)C(C)(C)C. The normalized spacial score (nSPS) is 19.5. The number of rotatable bonds is 6. The van der Waals surface area contributed by atoms with E-state index in [-0.39, 0.29) is 17.2 Å². The highest BCUT2D eigenvalue weighted by Gasteiger charge is 2.50. The number of ether oxygens (including phenoxy) is 1. The third-order valence-electron chi connectivity index (χ3n) is 5.01. The van der Waals surface area contributed by atoms with Gasteiger partial charge in [0.25, 0.3) is 8.32 Å². The van der Waals surface area contributed by atoms with Crippen molar-refractivity contribution in [3.8, 4) is 11.8 Å². The maximum absolute atomic E-state index is 6.85. The minimum Gasteiger partial charge on any atom is -0.407 e. The van der Waals surface area contributed by atoms with E-state index in [2.05, 4.69) is 93.3 Å². The van der Waals surface area contributed by atoms with E-state index >= 15 is 0 Å². The monoisotopic (exact) mass is 364 g/mol. The maximum Gasteiger partial charge on any atom is 0.261 e. The smallest absolute Gasteiger partial charge is 0.261 e. The summed E-state index contributed by atoms with van der Waals surface area (Å²) in [6, 6.07) is 21.5. The predicted octanol–water partition coefficient (Wildman–Crippen LogP) is 3.74. The molecule has 1 heterocycles. The van der Waals surface area contributed by atoms with Crippen molar-refractivity contribution in [1.29, 1.82) is 0 Å². The van der Waals surface area contributed by atoms with E-state index in [9.17, 15) is 0 Å². The summed E-state index contributed by atoms with van der Waals surface area (Å²) in [5.41, 5.74) is 0. The van der Waals surface area contributed by atoms with Crippen LogP contribution in [0.2, 0.25) is 5.04 Å².